The highest BCUT2D eigenvalue weighted by Gasteiger charge is 2.30. The molecule has 86 valence electrons. The van der Waals surface area contributed by atoms with Gasteiger partial charge in [0.1, 0.15) is 5.76 Å². The van der Waals surface area contributed by atoms with Crippen LogP contribution in [0.3, 0.4) is 0 Å². The Morgan fingerprint density at radius 2 is 2.25 bits per heavy atom. The number of aliphatic hydroxyl groups is 1. The minimum absolute atomic E-state index is 0.167. The highest BCUT2D eigenvalue weighted by molar-refractivity contribution is 8.14. The normalized spacial score (nSPS) is 28.8. The first-order valence-electron chi connectivity index (χ1n) is 5.22. The number of rotatable bonds is 2. The summed E-state index contributed by atoms with van der Waals surface area (Å²) in [6, 6.07) is 0. The molecule has 4 heteroatoms. The second-order valence-electron chi connectivity index (χ2n) is 4.31. The quantitative estimate of drug-likeness (QED) is 0.794. The van der Waals surface area contributed by atoms with Crippen LogP contribution in [0.25, 0.3) is 0 Å². The molecule has 0 bridgehead atoms. The van der Waals surface area contributed by atoms with Gasteiger partial charge in [-0.1, -0.05) is 23.9 Å². The Morgan fingerprint density at radius 3 is 2.94 bits per heavy atom. The molecule has 0 saturated heterocycles. The van der Waals surface area contributed by atoms with Crippen molar-refractivity contribution in [1.29, 1.82) is 0 Å². The fourth-order valence-electron chi connectivity index (χ4n) is 1.90. The average Bonchev–Trinajstić information content (AvgIpc) is 2.15. The van der Waals surface area contributed by atoms with Crippen molar-refractivity contribution in [3.63, 3.8) is 0 Å². The molecule has 0 saturated carbocycles. The third-order valence-electron chi connectivity index (χ3n) is 2.58. The van der Waals surface area contributed by atoms with E-state index < -0.39 is 0 Å². The van der Waals surface area contributed by atoms with E-state index in [0.29, 0.717) is 0 Å². The van der Waals surface area contributed by atoms with Crippen molar-refractivity contribution in [1.82, 2.24) is 4.90 Å². The standard InChI is InChI=1S/C12H15NO2S/c1-13(2)7-10-6-8-5-9(14)3-4-11(8)12(15)16-10/h3-6,10-11,14H,7H2,1-2H3. The van der Waals surface area contributed by atoms with Gasteiger partial charge in [-0.15, -0.1) is 0 Å². The fourth-order valence-corrected chi connectivity index (χ4v) is 3.16. The second-order valence-corrected chi connectivity index (χ2v) is 5.55. The smallest absolute Gasteiger partial charge is 0.200 e. The van der Waals surface area contributed by atoms with Crippen molar-refractivity contribution in [2.24, 2.45) is 5.92 Å². The fraction of sp³-hybridized carbons (Fsp3) is 0.417. The zero-order valence-electron chi connectivity index (χ0n) is 9.38. The van der Waals surface area contributed by atoms with Crippen LogP contribution in [0.2, 0.25) is 0 Å². The SMILES string of the molecule is CN(C)CC1C=C2C=C(O)C=CC2C(=O)S1. The molecule has 2 aliphatic rings. The van der Waals surface area contributed by atoms with Crippen LogP contribution >= 0.6 is 11.8 Å². The van der Waals surface area contributed by atoms with Crippen LogP contribution in [-0.2, 0) is 4.79 Å². The molecule has 0 fully saturated rings. The van der Waals surface area contributed by atoms with Crippen LogP contribution in [0.5, 0.6) is 0 Å². The predicted molar refractivity (Wildman–Crippen MR) is 66.4 cm³/mol. The molecule has 16 heavy (non-hydrogen) atoms. The van der Waals surface area contributed by atoms with Gasteiger partial charge in [0.05, 0.1) is 5.92 Å². The molecule has 2 atom stereocenters. The van der Waals surface area contributed by atoms with Crippen molar-refractivity contribution in [3.05, 3.63) is 35.6 Å². The monoisotopic (exact) mass is 237 g/mol. The summed E-state index contributed by atoms with van der Waals surface area (Å²) in [5.74, 6) is 0.0603. The molecule has 2 unspecified atom stereocenters. The van der Waals surface area contributed by atoms with Crippen LogP contribution in [0.15, 0.2) is 35.6 Å². The van der Waals surface area contributed by atoms with E-state index in [4.69, 9.17) is 0 Å². The Kier molecular flexibility index (Phi) is 3.21. The topological polar surface area (TPSA) is 40.5 Å². The van der Waals surface area contributed by atoms with Gasteiger partial charge in [-0.25, -0.2) is 0 Å². The number of carbonyl (C=O) groups is 1. The number of hydrogen-bond acceptors (Lipinski definition) is 4. The highest BCUT2D eigenvalue weighted by Crippen LogP contribution is 2.34. The zero-order valence-corrected chi connectivity index (χ0v) is 10.2. The Hall–Kier alpha value is -1.000. The van der Waals surface area contributed by atoms with Gasteiger partial charge in [-0.2, -0.15) is 0 Å². The van der Waals surface area contributed by atoms with Gasteiger partial charge in [0.2, 0.25) is 5.12 Å². The number of nitrogens with zero attached hydrogens (tertiary/aromatic N) is 1. The summed E-state index contributed by atoms with van der Waals surface area (Å²) in [5.41, 5.74) is 0.926. The van der Waals surface area contributed by atoms with E-state index in [0.717, 1.165) is 12.1 Å². The predicted octanol–water partition coefficient (Wildman–Crippen LogP) is 1.74. The molecule has 2 rings (SSSR count). The molecule has 0 aromatic carbocycles. The van der Waals surface area contributed by atoms with E-state index in [2.05, 4.69) is 11.0 Å². The first kappa shape index (κ1) is 11.5. The molecule has 1 N–H and O–H groups in total. The minimum atomic E-state index is -0.167. The lowest BCUT2D eigenvalue weighted by Gasteiger charge is -2.27. The Labute approximate surface area is 99.5 Å². The molecule has 3 nitrogen and oxygen atoms in total. The summed E-state index contributed by atoms with van der Waals surface area (Å²) in [7, 11) is 3.98. The number of fused-ring (bicyclic) bond motifs is 1. The number of allylic oxidation sites excluding steroid dienone is 4. The van der Waals surface area contributed by atoms with E-state index in [-0.39, 0.29) is 22.0 Å². The number of carbonyl (C=O) groups excluding carboxylic acids is 1. The van der Waals surface area contributed by atoms with Gasteiger partial charge < -0.3 is 10.0 Å². The van der Waals surface area contributed by atoms with Gasteiger partial charge in [-0.3, -0.25) is 4.79 Å². The maximum Gasteiger partial charge on any atom is 0.200 e. The maximum atomic E-state index is 11.9. The zero-order chi connectivity index (χ0) is 11.7. The molecule has 1 aliphatic carbocycles. The largest absolute Gasteiger partial charge is 0.508 e. The summed E-state index contributed by atoms with van der Waals surface area (Å²) in [4.78, 5) is 13.9. The molecule has 0 aromatic rings. The van der Waals surface area contributed by atoms with E-state index in [9.17, 15) is 9.90 Å². The third-order valence-corrected chi connectivity index (χ3v) is 3.65. The van der Waals surface area contributed by atoms with Crippen molar-refractivity contribution >= 4 is 16.9 Å². The summed E-state index contributed by atoms with van der Waals surface area (Å²) in [5, 5.41) is 9.76. The van der Waals surface area contributed by atoms with Crippen LogP contribution in [-0.4, -0.2) is 41.0 Å². The Balaban J connectivity index is 2.22. The maximum absolute atomic E-state index is 11.9. The van der Waals surface area contributed by atoms with Gasteiger partial charge in [-0.05, 0) is 31.8 Å². The van der Waals surface area contributed by atoms with Crippen molar-refractivity contribution in [3.8, 4) is 0 Å². The van der Waals surface area contributed by atoms with Gasteiger partial charge in [0.25, 0.3) is 0 Å². The van der Waals surface area contributed by atoms with Crippen LogP contribution in [0.4, 0.5) is 0 Å². The molecule has 0 aromatic heterocycles. The van der Waals surface area contributed by atoms with E-state index in [1.807, 2.05) is 14.1 Å². The summed E-state index contributed by atoms with van der Waals surface area (Å²) < 4.78 is 0. The van der Waals surface area contributed by atoms with Gasteiger partial charge in [0, 0.05) is 11.8 Å². The summed E-state index contributed by atoms with van der Waals surface area (Å²) >= 11 is 1.38. The van der Waals surface area contributed by atoms with Crippen molar-refractivity contribution in [2.75, 3.05) is 20.6 Å². The molecule has 0 spiro atoms. The number of hydrogen-bond donors (Lipinski definition) is 1. The van der Waals surface area contributed by atoms with Gasteiger partial charge in [0.15, 0.2) is 0 Å². The lowest BCUT2D eigenvalue weighted by Crippen LogP contribution is -2.29. The third kappa shape index (κ3) is 2.39. The Bertz CT molecular complexity index is 396. The van der Waals surface area contributed by atoms with E-state index in [1.165, 1.54) is 11.8 Å². The average molecular weight is 237 g/mol. The van der Waals surface area contributed by atoms with Crippen molar-refractivity contribution < 1.29 is 9.90 Å². The van der Waals surface area contributed by atoms with Gasteiger partial charge >= 0.3 is 0 Å². The van der Waals surface area contributed by atoms with Crippen LogP contribution < -0.4 is 0 Å². The Morgan fingerprint density at radius 1 is 1.50 bits per heavy atom. The lowest BCUT2D eigenvalue weighted by atomic mass is 9.93. The highest BCUT2D eigenvalue weighted by atomic mass is 32.2. The second kappa shape index (κ2) is 4.47. The lowest BCUT2D eigenvalue weighted by molar-refractivity contribution is -0.112. The summed E-state index contributed by atoms with van der Waals surface area (Å²) in [6.07, 6.45) is 7.12. The minimum Gasteiger partial charge on any atom is -0.508 e. The van der Waals surface area contributed by atoms with Crippen molar-refractivity contribution in [2.45, 2.75) is 5.25 Å². The molecule has 0 radical (unpaired) electrons. The van der Waals surface area contributed by atoms with Crippen LogP contribution in [0, 0.1) is 5.92 Å². The molecule has 1 aliphatic heterocycles. The van der Waals surface area contributed by atoms with E-state index in [1.54, 1.807) is 18.2 Å². The van der Waals surface area contributed by atoms with Crippen LogP contribution in [0.1, 0.15) is 0 Å². The summed E-state index contributed by atoms with van der Waals surface area (Å²) in [6.45, 7) is 0.838. The number of aliphatic hydroxyl groups excluding tert-OH is 1. The van der Waals surface area contributed by atoms with E-state index >= 15 is 0 Å². The molecule has 0 amide bonds. The first-order valence-corrected chi connectivity index (χ1v) is 6.10. The first-order chi connectivity index (χ1) is 7.56. The molecular weight excluding hydrogens is 222 g/mol. The molecule has 1 heterocycles. The molecular formula is C12H15NO2S. The number of thioether (sulfide) groups is 1.